The van der Waals surface area contributed by atoms with Crippen molar-refractivity contribution in [1.29, 1.82) is 0 Å². The van der Waals surface area contributed by atoms with Gasteiger partial charge in [-0.2, -0.15) is 0 Å². The van der Waals surface area contributed by atoms with Gasteiger partial charge in [0.15, 0.2) is 0 Å². The molecule has 17 heavy (non-hydrogen) atoms. The first kappa shape index (κ1) is 11.6. The summed E-state index contributed by atoms with van der Waals surface area (Å²) in [7, 11) is 1.16. The number of carbonyl (C=O) groups is 1. The van der Waals surface area contributed by atoms with Crippen LogP contribution in [0, 0.1) is 5.82 Å². The van der Waals surface area contributed by atoms with Crippen LogP contribution in [-0.4, -0.2) is 18.1 Å². The Morgan fingerprint density at radius 3 is 2.82 bits per heavy atom. The van der Waals surface area contributed by atoms with E-state index in [4.69, 9.17) is 11.6 Å². The van der Waals surface area contributed by atoms with Crippen molar-refractivity contribution >= 4 is 28.5 Å². The SMILES string of the molecule is COC(=O)c1c[nH]c2c(Cl)cc(F)cc2c1=O. The number of hydrogen-bond acceptors (Lipinski definition) is 3. The van der Waals surface area contributed by atoms with Crippen molar-refractivity contribution in [3.8, 4) is 0 Å². The molecule has 0 aliphatic heterocycles. The maximum atomic E-state index is 13.1. The Kier molecular flexibility index (Phi) is 2.85. The van der Waals surface area contributed by atoms with Crippen LogP contribution in [0.4, 0.5) is 4.39 Å². The molecule has 0 bridgehead atoms. The highest BCUT2D eigenvalue weighted by atomic mass is 35.5. The number of ether oxygens (including phenoxy) is 1. The van der Waals surface area contributed by atoms with E-state index in [1.54, 1.807) is 0 Å². The molecule has 1 heterocycles. The Balaban J connectivity index is 2.85. The first-order valence-corrected chi connectivity index (χ1v) is 5.01. The van der Waals surface area contributed by atoms with Crippen molar-refractivity contribution in [3.63, 3.8) is 0 Å². The quantitative estimate of drug-likeness (QED) is 0.794. The Morgan fingerprint density at radius 1 is 1.47 bits per heavy atom. The molecule has 0 aliphatic carbocycles. The molecule has 0 spiro atoms. The summed E-state index contributed by atoms with van der Waals surface area (Å²) >= 11 is 5.77. The number of fused-ring (bicyclic) bond motifs is 1. The minimum Gasteiger partial charge on any atom is -0.465 e. The second kappa shape index (κ2) is 4.18. The third-order valence-corrected chi connectivity index (χ3v) is 2.61. The van der Waals surface area contributed by atoms with E-state index in [-0.39, 0.29) is 21.5 Å². The Labute approximate surface area is 100.0 Å². The van der Waals surface area contributed by atoms with E-state index in [1.165, 1.54) is 6.20 Å². The molecular weight excluding hydrogens is 249 g/mol. The predicted molar refractivity (Wildman–Crippen MR) is 60.9 cm³/mol. The number of halogens is 2. The van der Waals surface area contributed by atoms with Gasteiger partial charge in [-0.1, -0.05) is 11.6 Å². The maximum Gasteiger partial charge on any atom is 0.343 e. The largest absolute Gasteiger partial charge is 0.465 e. The van der Waals surface area contributed by atoms with E-state index in [9.17, 15) is 14.0 Å². The van der Waals surface area contributed by atoms with Crippen molar-refractivity contribution in [2.75, 3.05) is 7.11 Å². The highest BCUT2D eigenvalue weighted by Gasteiger charge is 2.15. The molecule has 0 atom stereocenters. The lowest BCUT2D eigenvalue weighted by Gasteiger charge is -2.03. The van der Waals surface area contributed by atoms with Gasteiger partial charge in [0.2, 0.25) is 5.43 Å². The zero-order chi connectivity index (χ0) is 12.6. The van der Waals surface area contributed by atoms with Crippen LogP contribution >= 0.6 is 11.6 Å². The molecule has 0 saturated carbocycles. The summed E-state index contributed by atoms with van der Waals surface area (Å²) in [5, 5.41) is 0.0893. The van der Waals surface area contributed by atoms with Crippen LogP contribution < -0.4 is 5.43 Å². The number of aromatic nitrogens is 1. The first-order valence-electron chi connectivity index (χ1n) is 4.63. The van der Waals surface area contributed by atoms with Crippen LogP contribution in [0.3, 0.4) is 0 Å². The minimum atomic E-state index is -0.784. The number of H-pyrrole nitrogens is 1. The van der Waals surface area contributed by atoms with Crippen LogP contribution in [0.15, 0.2) is 23.1 Å². The molecule has 0 amide bonds. The lowest BCUT2D eigenvalue weighted by Crippen LogP contribution is -2.17. The van der Waals surface area contributed by atoms with Gasteiger partial charge in [0.1, 0.15) is 11.4 Å². The van der Waals surface area contributed by atoms with E-state index in [0.29, 0.717) is 0 Å². The highest BCUT2D eigenvalue weighted by molar-refractivity contribution is 6.35. The molecule has 0 saturated heterocycles. The summed E-state index contributed by atoms with van der Waals surface area (Å²) in [5.41, 5.74) is -0.528. The number of esters is 1. The highest BCUT2D eigenvalue weighted by Crippen LogP contribution is 2.21. The molecule has 2 aromatic rings. The van der Waals surface area contributed by atoms with Crippen molar-refractivity contribution in [3.05, 3.63) is 45.0 Å². The zero-order valence-corrected chi connectivity index (χ0v) is 9.47. The Morgan fingerprint density at radius 2 is 2.18 bits per heavy atom. The third kappa shape index (κ3) is 1.89. The van der Waals surface area contributed by atoms with Gasteiger partial charge in [0, 0.05) is 6.20 Å². The number of methoxy groups -OCH3 is 1. The van der Waals surface area contributed by atoms with Crippen LogP contribution in [-0.2, 0) is 4.74 Å². The van der Waals surface area contributed by atoms with Gasteiger partial charge < -0.3 is 9.72 Å². The van der Waals surface area contributed by atoms with Crippen molar-refractivity contribution < 1.29 is 13.9 Å². The zero-order valence-electron chi connectivity index (χ0n) is 8.71. The summed E-state index contributed by atoms with van der Waals surface area (Å²) in [6, 6.07) is 2.10. The number of pyridine rings is 1. The number of aromatic amines is 1. The van der Waals surface area contributed by atoms with Gasteiger partial charge >= 0.3 is 5.97 Å². The third-order valence-electron chi connectivity index (χ3n) is 2.31. The molecule has 1 N–H and O–H groups in total. The molecule has 0 fully saturated rings. The maximum absolute atomic E-state index is 13.1. The fraction of sp³-hybridized carbons (Fsp3) is 0.0909. The van der Waals surface area contributed by atoms with Gasteiger partial charge in [0.05, 0.1) is 23.0 Å². The average molecular weight is 256 g/mol. The topological polar surface area (TPSA) is 59.2 Å². The van der Waals surface area contributed by atoms with Gasteiger partial charge in [-0.05, 0) is 12.1 Å². The molecule has 4 nitrogen and oxygen atoms in total. The van der Waals surface area contributed by atoms with Crippen molar-refractivity contribution in [2.24, 2.45) is 0 Å². The lowest BCUT2D eigenvalue weighted by atomic mass is 10.1. The second-order valence-corrected chi connectivity index (χ2v) is 3.74. The number of rotatable bonds is 1. The molecule has 6 heteroatoms. The molecule has 2 rings (SSSR count). The Bertz CT molecular complexity index is 666. The second-order valence-electron chi connectivity index (χ2n) is 3.33. The molecule has 0 aliphatic rings. The van der Waals surface area contributed by atoms with E-state index < -0.39 is 17.2 Å². The van der Waals surface area contributed by atoms with Crippen LogP contribution in [0.2, 0.25) is 5.02 Å². The molecular formula is C11H7ClFNO3. The molecule has 0 radical (unpaired) electrons. The number of hydrogen-bond donors (Lipinski definition) is 1. The molecule has 1 aromatic carbocycles. The predicted octanol–water partition coefficient (Wildman–Crippen LogP) is 2.11. The van der Waals surface area contributed by atoms with E-state index in [2.05, 4.69) is 9.72 Å². The number of benzene rings is 1. The fourth-order valence-electron chi connectivity index (χ4n) is 1.52. The smallest absolute Gasteiger partial charge is 0.343 e. The summed E-state index contributed by atoms with van der Waals surface area (Å²) < 4.78 is 17.6. The van der Waals surface area contributed by atoms with Crippen LogP contribution in [0.1, 0.15) is 10.4 Å². The van der Waals surface area contributed by atoms with Crippen molar-refractivity contribution in [1.82, 2.24) is 4.98 Å². The summed E-state index contributed by atoms with van der Waals surface area (Å²) in [6.45, 7) is 0. The fourth-order valence-corrected chi connectivity index (χ4v) is 1.78. The van der Waals surface area contributed by atoms with E-state index in [1.807, 2.05) is 0 Å². The standard InChI is InChI=1S/C11H7ClFNO3/c1-17-11(16)7-4-14-9-6(10(7)15)2-5(13)3-8(9)12/h2-4H,1H3,(H,14,15). The van der Waals surface area contributed by atoms with Crippen LogP contribution in [0.25, 0.3) is 10.9 Å². The Hall–Kier alpha value is -1.88. The number of nitrogens with one attached hydrogen (secondary N) is 1. The van der Waals surface area contributed by atoms with E-state index in [0.717, 1.165) is 19.2 Å². The summed E-state index contributed by atoms with van der Waals surface area (Å²) in [5.74, 6) is -1.43. The van der Waals surface area contributed by atoms with Gasteiger partial charge in [-0.3, -0.25) is 4.79 Å². The minimum absolute atomic E-state index is 0.0119. The van der Waals surface area contributed by atoms with Gasteiger partial charge in [0.25, 0.3) is 0 Å². The van der Waals surface area contributed by atoms with E-state index >= 15 is 0 Å². The molecule has 0 unspecified atom stereocenters. The average Bonchev–Trinajstić information content (AvgIpc) is 2.29. The normalized spacial score (nSPS) is 10.5. The van der Waals surface area contributed by atoms with Gasteiger partial charge in [-0.15, -0.1) is 0 Å². The summed E-state index contributed by atoms with van der Waals surface area (Å²) in [6.07, 6.45) is 1.19. The van der Waals surface area contributed by atoms with Gasteiger partial charge in [-0.25, -0.2) is 9.18 Å². The first-order chi connectivity index (χ1) is 8.04. The lowest BCUT2D eigenvalue weighted by molar-refractivity contribution is 0.0599. The summed E-state index contributed by atoms with van der Waals surface area (Å²) in [4.78, 5) is 25.8. The number of carbonyl (C=O) groups excluding carboxylic acids is 1. The van der Waals surface area contributed by atoms with Crippen LogP contribution in [0.5, 0.6) is 0 Å². The van der Waals surface area contributed by atoms with Crippen molar-refractivity contribution in [2.45, 2.75) is 0 Å². The monoisotopic (exact) mass is 255 g/mol. The molecule has 1 aromatic heterocycles. The molecule has 88 valence electrons.